The van der Waals surface area contributed by atoms with Gasteiger partial charge in [0.15, 0.2) is 5.82 Å². The Morgan fingerprint density at radius 1 is 1.31 bits per heavy atom. The van der Waals surface area contributed by atoms with Crippen molar-refractivity contribution in [3.8, 4) is 0 Å². The summed E-state index contributed by atoms with van der Waals surface area (Å²) in [6.45, 7) is 13.3. The van der Waals surface area contributed by atoms with E-state index in [-0.39, 0.29) is 12.1 Å². The molecule has 0 aliphatic carbocycles. The highest BCUT2D eigenvalue weighted by molar-refractivity contribution is 5.74. The van der Waals surface area contributed by atoms with E-state index in [4.69, 9.17) is 4.52 Å². The number of hydrogen-bond acceptors (Lipinski definition) is 5. The van der Waals surface area contributed by atoms with Crippen LogP contribution in [0.15, 0.2) is 4.52 Å². The van der Waals surface area contributed by atoms with Crippen molar-refractivity contribution >= 4 is 6.03 Å². The van der Waals surface area contributed by atoms with Crippen molar-refractivity contribution in [2.75, 3.05) is 7.05 Å². The van der Waals surface area contributed by atoms with Crippen LogP contribution in [0.4, 0.5) is 4.79 Å². The number of aryl methyl sites for hydroxylation is 2. The molecule has 2 amide bonds. The normalized spacial score (nSPS) is 12.5. The summed E-state index contributed by atoms with van der Waals surface area (Å²) in [6, 6.07) is -0.317. The molecule has 0 fully saturated rings. The van der Waals surface area contributed by atoms with E-state index in [9.17, 15) is 4.79 Å². The topological polar surface area (TPSA) is 89.1 Å². The predicted octanol–water partition coefficient (Wildman–Crippen LogP) is 3.00. The quantitative estimate of drug-likeness (QED) is 0.818. The predicted molar refractivity (Wildman–Crippen MR) is 98.6 cm³/mol. The van der Waals surface area contributed by atoms with Crippen LogP contribution in [-0.4, -0.2) is 37.9 Å². The molecule has 0 aliphatic heterocycles. The van der Waals surface area contributed by atoms with Crippen LogP contribution in [0.25, 0.3) is 0 Å². The molecule has 8 nitrogen and oxygen atoms in total. The molecule has 0 aliphatic rings. The Labute approximate surface area is 154 Å². The van der Waals surface area contributed by atoms with Crippen LogP contribution in [-0.2, 0) is 19.5 Å². The molecule has 1 N–H and O–H groups in total. The molecule has 2 aromatic heterocycles. The van der Waals surface area contributed by atoms with Crippen LogP contribution in [0.5, 0.6) is 0 Å². The van der Waals surface area contributed by atoms with Gasteiger partial charge in [0.1, 0.15) is 0 Å². The molecule has 0 bridgehead atoms. The second kappa shape index (κ2) is 8.33. The molecule has 0 aromatic carbocycles. The zero-order valence-electron chi connectivity index (χ0n) is 16.8. The van der Waals surface area contributed by atoms with E-state index in [1.54, 1.807) is 11.9 Å². The van der Waals surface area contributed by atoms with Gasteiger partial charge in [0.25, 0.3) is 0 Å². The fourth-order valence-corrected chi connectivity index (χ4v) is 3.08. The summed E-state index contributed by atoms with van der Waals surface area (Å²) in [5, 5.41) is 11.5. The smallest absolute Gasteiger partial charge is 0.318 e. The highest BCUT2D eigenvalue weighted by Crippen LogP contribution is 2.21. The van der Waals surface area contributed by atoms with Crippen molar-refractivity contribution in [1.29, 1.82) is 0 Å². The van der Waals surface area contributed by atoms with E-state index in [0.717, 1.165) is 29.9 Å². The van der Waals surface area contributed by atoms with E-state index in [0.29, 0.717) is 24.2 Å². The summed E-state index contributed by atoms with van der Waals surface area (Å²) < 4.78 is 7.17. The average Bonchev–Trinajstić information content (AvgIpc) is 3.10. The molecule has 0 spiro atoms. The molecule has 0 radical (unpaired) electrons. The zero-order chi connectivity index (χ0) is 19.4. The molecule has 8 heteroatoms. The lowest BCUT2D eigenvalue weighted by molar-refractivity contribution is 0.201. The third-order valence-corrected chi connectivity index (χ3v) is 4.33. The summed E-state index contributed by atoms with van der Waals surface area (Å²) >= 11 is 0. The van der Waals surface area contributed by atoms with Crippen LogP contribution in [0, 0.1) is 19.8 Å². The minimum Gasteiger partial charge on any atom is -0.339 e. The van der Waals surface area contributed by atoms with Crippen LogP contribution < -0.4 is 5.32 Å². The third kappa shape index (κ3) is 4.62. The van der Waals surface area contributed by atoms with Crippen LogP contribution in [0.3, 0.4) is 0 Å². The van der Waals surface area contributed by atoms with E-state index >= 15 is 0 Å². The second-order valence-corrected chi connectivity index (χ2v) is 7.13. The molecule has 2 rings (SSSR count). The molecular formula is C18H30N6O2. The number of rotatable bonds is 7. The number of aromatic nitrogens is 4. The first-order valence-corrected chi connectivity index (χ1v) is 9.09. The maximum absolute atomic E-state index is 12.5. The fourth-order valence-electron chi connectivity index (χ4n) is 3.08. The van der Waals surface area contributed by atoms with Gasteiger partial charge in [-0.1, -0.05) is 19.0 Å². The Kier molecular flexibility index (Phi) is 6.39. The molecule has 1 atom stereocenters. The molecule has 0 unspecified atom stereocenters. The van der Waals surface area contributed by atoms with Gasteiger partial charge in [-0.15, -0.1) is 0 Å². The number of hydrogen-bond donors (Lipinski definition) is 1. The molecule has 0 saturated heterocycles. The van der Waals surface area contributed by atoms with Gasteiger partial charge in [0.2, 0.25) is 5.89 Å². The van der Waals surface area contributed by atoms with E-state index in [1.165, 1.54) is 0 Å². The van der Waals surface area contributed by atoms with Gasteiger partial charge in [-0.3, -0.25) is 4.68 Å². The molecular weight excluding hydrogens is 332 g/mol. The number of carbonyl (C=O) groups excluding carboxylic acids is 1. The van der Waals surface area contributed by atoms with Crippen LogP contribution >= 0.6 is 0 Å². The van der Waals surface area contributed by atoms with Crippen molar-refractivity contribution in [3.05, 3.63) is 28.7 Å². The maximum atomic E-state index is 12.5. The summed E-state index contributed by atoms with van der Waals surface area (Å²) in [6.07, 6.45) is 0.736. The van der Waals surface area contributed by atoms with Crippen molar-refractivity contribution in [1.82, 2.24) is 30.1 Å². The van der Waals surface area contributed by atoms with E-state index < -0.39 is 0 Å². The van der Waals surface area contributed by atoms with Gasteiger partial charge >= 0.3 is 6.03 Å². The molecule has 2 heterocycles. The Hall–Kier alpha value is -2.38. The number of urea groups is 1. The largest absolute Gasteiger partial charge is 0.339 e. The Bertz CT molecular complexity index is 749. The molecule has 144 valence electrons. The third-order valence-electron chi connectivity index (χ3n) is 4.33. The highest BCUT2D eigenvalue weighted by atomic mass is 16.5. The summed E-state index contributed by atoms with van der Waals surface area (Å²) in [5.41, 5.74) is 3.08. The Balaban J connectivity index is 1.98. The van der Waals surface area contributed by atoms with Gasteiger partial charge in [-0.05, 0) is 33.6 Å². The summed E-state index contributed by atoms with van der Waals surface area (Å²) in [5.74, 6) is 1.56. The lowest BCUT2D eigenvalue weighted by atomic mass is 10.1. The number of amides is 2. The number of carbonyl (C=O) groups is 1. The SMILES string of the molecule is CCn1nc(C)c([C@H](C)NC(=O)N(C)Cc2noc(CC(C)C)n2)c1C. The van der Waals surface area contributed by atoms with Gasteiger partial charge in [-0.25, -0.2) is 4.79 Å². The Morgan fingerprint density at radius 3 is 2.58 bits per heavy atom. The zero-order valence-corrected chi connectivity index (χ0v) is 16.8. The monoisotopic (exact) mass is 362 g/mol. The first kappa shape index (κ1) is 19.9. The lowest BCUT2D eigenvalue weighted by Gasteiger charge is -2.20. The highest BCUT2D eigenvalue weighted by Gasteiger charge is 2.21. The van der Waals surface area contributed by atoms with Crippen LogP contribution in [0.2, 0.25) is 0 Å². The van der Waals surface area contributed by atoms with Crippen molar-refractivity contribution in [2.24, 2.45) is 5.92 Å². The van der Waals surface area contributed by atoms with E-state index in [2.05, 4.69) is 41.3 Å². The molecule has 26 heavy (non-hydrogen) atoms. The van der Waals surface area contributed by atoms with Gasteiger partial charge in [0, 0.05) is 31.3 Å². The summed E-state index contributed by atoms with van der Waals surface area (Å²) in [7, 11) is 1.72. The first-order chi connectivity index (χ1) is 12.2. The van der Waals surface area contributed by atoms with Crippen molar-refractivity contribution in [2.45, 2.75) is 67.1 Å². The Morgan fingerprint density at radius 2 is 2.00 bits per heavy atom. The lowest BCUT2D eigenvalue weighted by Crippen LogP contribution is -2.38. The fraction of sp³-hybridized carbons (Fsp3) is 0.667. The van der Waals surface area contributed by atoms with Crippen molar-refractivity contribution in [3.63, 3.8) is 0 Å². The van der Waals surface area contributed by atoms with Gasteiger partial charge < -0.3 is 14.7 Å². The molecule has 2 aromatic rings. The average molecular weight is 362 g/mol. The van der Waals surface area contributed by atoms with E-state index in [1.807, 2.05) is 25.5 Å². The van der Waals surface area contributed by atoms with Crippen molar-refractivity contribution < 1.29 is 9.32 Å². The minimum atomic E-state index is -0.184. The number of nitrogens with zero attached hydrogens (tertiary/aromatic N) is 5. The minimum absolute atomic E-state index is 0.132. The van der Waals surface area contributed by atoms with Gasteiger partial charge in [-0.2, -0.15) is 10.1 Å². The second-order valence-electron chi connectivity index (χ2n) is 7.13. The standard InChI is InChI=1S/C18H30N6O2/c1-8-24-14(6)17(13(5)21-24)12(4)19-18(25)23(7)10-15-20-16(26-22-15)9-11(2)3/h11-12H,8-10H2,1-7H3,(H,19,25)/t12-/m0/s1. The van der Waals surface area contributed by atoms with Crippen LogP contribution in [0.1, 0.15) is 62.4 Å². The summed E-state index contributed by atoms with van der Waals surface area (Å²) in [4.78, 5) is 18.4. The molecule has 0 saturated carbocycles. The number of nitrogens with one attached hydrogen (secondary N) is 1. The maximum Gasteiger partial charge on any atom is 0.318 e. The van der Waals surface area contributed by atoms with Gasteiger partial charge in [0.05, 0.1) is 18.3 Å². The first-order valence-electron chi connectivity index (χ1n) is 9.09.